The van der Waals surface area contributed by atoms with E-state index in [1.807, 2.05) is 34.6 Å². The maximum absolute atomic E-state index is 16.0. The number of hydrogen-bond acceptors (Lipinski definition) is 10. The topological polar surface area (TPSA) is 114 Å². The number of thiophene rings is 1. The van der Waals surface area contributed by atoms with Crippen molar-refractivity contribution in [3.05, 3.63) is 62.5 Å². The molecule has 9 nitrogen and oxygen atoms in total. The number of halogens is 2. The van der Waals surface area contributed by atoms with Crippen molar-refractivity contribution in [2.75, 3.05) is 13.6 Å². The van der Waals surface area contributed by atoms with Crippen LogP contribution in [0.2, 0.25) is 0 Å². The van der Waals surface area contributed by atoms with Crippen molar-refractivity contribution in [1.82, 2.24) is 0 Å². The van der Waals surface area contributed by atoms with Crippen LogP contribution in [0, 0.1) is 45.4 Å². The Bertz CT molecular complexity index is 1650. The molecule has 46 heavy (non-hydrogen) atoms. The van der Waals surface area contributed by atoms with Gasteiger partial charge in [0.05, 0.1) is 10.8 Å². The molecule has 0 aliphatic carbocycles. The molecule has 1 heterocycles. The summed E-state index contributed by atoms with van der Waals surface area (Å²) in [4.78, 5) is 37.7. The highest BCUT2D eigenvalue weighted by molar-refractivity contribution is 7.54. The third kappa shape index (κ3) is 7.85. The second-order valence-electron chi connectivity index (χ2n) is 13.1. The highest BCUT2D eigenvalue weighted by Gasteiger charge is 2.56. The van der Waals surface area contributed by atoms with Crippen LogP contribution in [0.3, 0.4) is 0 Å². The van der Waals surface area contributed by atoms with Crippen molar-refractivity contribution in [1.29, 1.82) is 0 Å². The first kappa shape index (κ1) is 37.3. The van der Waals surface area contributed by atoms with Gasteiger partial charge >= 0.3 is 31.2 Å². The van der Waals surface area contributed by atoms with E-state index in [0.717, 1.165) is 51.3 Å². The van der Waals surface area contributed by atoms with Gasteiger partial charge < -0.3 is 14.2 Å². The molecule has 252 valence electrons. The van der Waals surface area contributed by atoms with Gasteiger partial charge in [-0.05, 0) is 128 Å². The summed E-state index contributed by atoms with van der Waals surface area (Å²) >= 11 is 1.05. The molecule has 0 N–H and O–H groups in total. The van der Waals surface area contributed by atoms with E-state index in [-0.39, 0.29) is 10.3 Å². The van der Waals surface area contributed by atoms with E-state index in [1.54, 1.807) is 0 Å². The zero-order valence-corrected chi connectivity index (χ0v) is 29.7. The highest BCUT2D eigenvalue weighted by Crippen LogP contribution is 2.67. The van der Waals surface area contributed by atoms with Gasteiger partial charge in [-0.3, -0.25) is 23.2 Å². The lowest BCUT2D eigenvalue weighted by Crippen LogP contribution is -2.27. The number of fused-ring (bicyclic) bond motifs is 1. The minimum atomic E-state index is -5.50. The molecule has 0 atom stereocenters. The fourth-order valence-corrected chi connectivity index (χ4v) is 6.34. The van der Waals surface area contributed by atoms with Gasteiger partial charge in [-0.1, -0.05) is 6.07 Å². The summed E-state index contributed by atoms with van der Waals surface area (Å²) in [5.74, 6) is -1.78. The molecule has 0 saturated carbocycles. The Hall–Kier alpha value is -3.18. The Morgan fingerprint density at radius 2 is 1.20 bits per heavy atom. The first-order valence-electron chi connectivity index (χ1n) is 14.5. The van der Waals surface area contributed by atoms with Crippen LogP contribution < -0.4 is 4.74 Å². The number of alkyl halides is 2. The SMILES string of the molecule is Cc1c(C)c(C)c(OC(=O)c2cc3cc(C(F)(F)P(=O)(OCOC(=O)C(C)(C)C)OCOC(=O)C(C)(C)C)ccc3s2)c(C)c1C. The monoisotopic (exact) mass is 682 g/mol. The smallest absolute Gasteiger partial charge is 0.410 e. The lowest BCUT2D eigenvalue weighted by atomic mass is 9.94. The van der Waals surface area contributed by atoms with Crippen molar-refractivity contribution < 1.29 is 51.0 Å². The molecule has 3 rings (SSSR count). The minimum Gasteiger partial charge on any atom is -0.438 e. The van der Waals surface area contributed by atoms with Gasteiger partial charge in [-0.25, -0.2) is 4.79 Å². The lowest BCUT2D eigenvalue weighted by molar-refractivity contribution is -0.163. The first-order valence-corrected chi connectivity index (χ1v) is 16.8. The quantitative estimate of drug-likeness (QED) is 0.0894. The molecule has 0 fully saturated rings. The van der Waals surface area contributed by atoms with Gasteiger partial charge in [0.25, 0.3) is 0 Å². The van der Waals surface area contributed by atoms with Crippen molar-refractivity contribution in [2.45, 2.75) is 81.8 Å². The zero-order valence-electron chi connectivity index (χ0n) is 28.0. The Kier molecular flexibility index (Phi) is 10.9. The summed E-state index contributed by atoms with van der Waals surface area (Å²) in [6.07, 6.45) is 0. The van der Waals surface area contributed by atoms with E-state index in [2.05, 4.69) is 0 Å². The molecule has 0 spiro atoms. The van der Waals surface area contributed by atoms with Crippen LogP contribution in [0.1, 0.15) is 84.6 Å². The number of benzene rings is 2. The van der Waals surface area contributed by atoms with Gasteiger partial charge in [0.15, 0.2) is 0 Å². The van der Waals surface area contributed by atoms with E-state index in [0.29, 0.717) is 10.4 Å². The van der Waals surface area contributed by atoms with Gasteiger partial charge in [0.2, 0.25) is 13.6 Å². The number of esters is 3. The Morgan fingerprint density at radius 1 is 0.739 bits per heavy atom. The molecule has 0 saturated heterocycles. The van der Waals surface area contributed by atoms with Crippen LogP contribution in [-0.2, 0) is 38.3 Å². The first-order chi connectivity index (χ1) is 21.0. The predicted octanol–water partition coefficient (Wildman–Crippen LogP) is 9.03. The molecule has 0 amide bonds. The summed E-state index contributed by atoms with van der Waals surface area (Å²) < 4.78 is 71.6. The maximum Gasteiger partial charge on any atom is 0.410 e. The Morgan fingerprint density at radius 3 is 1.65 bits per heavy atom. The zero-order chi connectivity index (χ0) is 35.0. The van der Waals surface area contributed by atoms with E-state index >= 15 is 8.78 Å². The summed E-state index contributed by atoms with van der Waals surface area (Å²) in [7, 11) is -5.50. The van der Waals surface area contributed by atoms with Crippen molar-refractivity contribution >= 4 is 46.9 Å². The molecule has 0 bridgehead atoms. The average molecular weight is 683 g/mol. The standard InChI is InChI=1S/C33H41F2O9PS/c1-18-19(2)21(4)27(22(5)20(18)3)44-28(36)26-15-23-14-24(12-13-25(23)46-26)33(34,35)45(39,42-16-40-29(37)31(6,7)8)43-17-41-30(38)32(9,10)11/h12-15H,16-17H2,1-11H3. The van der Waals surface area contributed by atoms with E-state index < -0.39 is 61.1 Å². The average Bonchev–Trinajstić information content (AvgIpc) is 3.40. The minimum absolute atomic E-state index is 0.170. The normalized spacial score (nSPS) is 12.7. The van der Waals surface area contributed by atoms with Gasteiger partial charge in [-0.2, -0.15) is 8.78 Å². The Balaban J connectivity index is 1.93. The van der Waals surface area contributed by atoms with Gasteiger partial charge in [-0.15, -0.1) is 11.3 Å². The van der Waals surface area contributed by atoms with Crippen LogP contribution in [0.5, 0.6) is 5.75 Å². The molecular formula is C33H41F2O9PS. The third-order valence-corrected chi connectivity index (χ3v) is 10.5. The number of carbonyl (C=O) groups is 3. The van der Waals surface area contributed by atoms with Crippen LogP contribution >= 0.6 is 18.9 Å². The summed E-state index contributed by atoms with van der Waals surface area (Å²) in [6, 6.07) is 4.83. The second-order valence-corrected chi connectivity index (χ2v) is 16.3. The predicted molar refractivity (Wildman–Crippen MR) is 171 cm³/mol. The molecule has 0 aliphatic rings. The summed E-state index contributed by atoms with van der Waals surface area (Å²) in [5, 5.41) is 0.253. The third-order valence-electron chi connectivity index (χ3n) is 7.58. The van der Waals surface area contributed by atoms with Gasteiger partial charge in [0, 0.05) is 10.3 Å². The molecule has 1 aromatic heterocycles. The number of hydrogen-bond donors (Lipinski definition) is 0. The molecular weight excluding hydrogens is 641 g/mol. The fraction of sp³-hybridized carbons (Fsp3) is 0.485. The number of ether oxygens (including phenoxy) is 3. The van der Waals surface area contributed by atoms with E-state index in [1.165, 1.54) is 53.7 Å². The second kappa shape index (κ2) is 13.5. The highest BCUT2D eigenvalue weighted by atomic mass is 32.1. The van der Waals surface area contributed by atoms with E-state index in [4.69, 9.17) is 23.3 Å². The summed E-state index contributed by atoms with van der Waals surface area (Å²) in [6.45, 7) is 16.7. The van der Waals surface area contributed by atoms with Gasteiger partial charge in [0.1, 0.15) is 10.6 Å². The number of carbonyl (C=O) groups excluding carboxylic acids is 3. The van der Waals surface area contributed by atoms with E-state index in [9.17, 15) is 18.9 Å². The molecule has 3 aromatic rings. The fourth-order valence-electron chi connectivity index (χ4n) is 4.18. The van der Waals surface area contributed by atoms with Crippen molar-refractivity contribution in [2.24, 2.45) is 10.8 Å². The van der Waals surface area contributed by atoms with Crippen LogP contribution in [0.4, 0.5) is 8.78 Å². The van der Waals surface area contributed by atoms with Crippen LogP contribution in [-0.4, -0.2) is 31.5 Å². The lowest BCUT2D eigenvalue weighted by Gasteiger charge is -2.27. The molecule has 0 radical (unpaired) electrons. The van der Waals surface area contributed by atoms with Crippen molar-refractivity contribution in [3.63, 3.8) is 0 Å². The molecule has 2 aromatic carbocycles. The molecule has 0 unspecified atom stereocenters. The van der Waals surface area contributed by atoms with Crippen LogP contribution in [0.25, 0.3) is 10.1 Å². The maximum atomic E-state index is 16.0. The summed E-state index contributed by atoms with van der Waals surface area (Å²) in [5.41, 5.74) is -2.27. The number of rotatable bonds is 10. The molecule has 13 heteroatoms. The largest absolute Gasteiger partial charge is 0.438 e. The molecule has 0 aliphatic heterocycles. The Labute approximate surface area is 272 Å². The van der Waals surface area contributed by atoms with Crippen LogP contribution in [0.15, 0.2) is 24.3 Å². The van der Waals surface area contributed by atoms with Crippen molar-refractivity contribution in [3.8, 4) is 5.75 Å².